The van der Waals surface area contributed by atoms with Crippen LogP contribution in [0, 0.1) is 9.49 Å². The predicted octanol–water partition coefficient (Wildman–Crippen LogP) is 2.62. The highest BCUT2D eigenvalue weighted by molar-refractivity contribution is 14.1. The van der Waals surface area contributed by atoms with E-state index in [9.17, 15) is 4.79 Å². The Labute approximate surface area is 116 Å². The third-order valence-corrected chi connectivity index (χ3v) is 4.02. The summed E-state index contributed by atoms with van der Waals surface area (Å²) >= 11 is 2.24. The number of para-hydroxylation sites is 1. The second-order valence-corrected chi connectivity index (χ2v) is 5.59. The lowest BCUT2D eigenvalue weighted by Gasteiger charge is -2.22. The Hall–Kier alpha value is -0.620. The van der Waals surface area contributed by atoms with Crippen molar-refractivity contribution in [2.24, 2.45) is 5.92 Å². The molecule has 1 aromatic carbocycles. The number of rotatable bonds is 3. The zero-order valence-electron chi connectivity index (χ0n) is 9.71. The zero-order chi connectivity index (χ0) is 12.1. The number of carbonyl (C=O) groups excluding carboxylic acids is 1. The molecule has 1 fully saturated rings. The molecule has 0 aliphatic carbocycles. The smallest absolute Gasteiger partial charge is 0.224 e. The number of carbonyl (C=O) groups is 1. The standard InChI is InChI=1S/C13H17IN2O/c14-11-3-1-2-4-12(11)16-13(17)9-10-5-7-15-8-6-10/h1-4,10,15H,5-9H2,(H,16,17). The largest absolute Gasteiger partial charge is 0.325 e. The molecule has 0 bridgehead atoms. The Morgan fingerprint density at radius 2 is 2.06 bits per heavy atom. The molecular weight excluding hydrogens is 327 g/mol. The Morgan fingerprint density at radius 3 is 2.76 bits per heavy atom. The molecule has 1 heterocycles. The van der Waals surface area contributed by atoms with Crippen LogP contribution in [0.1, 0.15) is 19.3 Å². The Balaban J connectivity index is 1.86. The van der Waals surface area contributed by atoms with E-state index in [4.69, 9.17) is 0 Å². The quantitative estimate of drug-likeness (QED) is 0.828. The van der Waals surface area contributed by atoms with E-state index in [2.05, 4.69) is 33.2 Å². The van der Waals surface area contributed by atoms with Crippen molar-refractivity contribution < 1.29 is 4.79 Å². The van der Waals surface area contributed by atoms with Gasteiger partial charge in [-0.1, -0.05) is 12.1 Å². The van der Waals surface area contributed by atoms with E-state index >= 15 is 0 Å². The number of halogens is 1. The van der Waals surface area contributed by atoms with Crippen LogP contribution in [0.25, 0.3) is 0 Å². The molecule has 2 N–H and O–H groups in total. The van der Waals surface area contributed by atoms with Crippen LogP contribution in [-0.2, 0) is 4.79 Å². The molecule has 1 saturated heterocycles. The van der Waals surface area contributed by atoms with E-state index in [0.29, 0.717) is 12.3 Å². The van der Waals surface area contributed by atoms with Crippen LogP contribution >= 0.6 is 22.6 Å². The maximum Gasteiger partial charge on any atom is 0.224 e. The Bertz CT molecular complexity index is 389. The maximum absolute atomic E-state index is 11.9. The van der Waals surface area contributed by atoms with Crippen molar-refractivity contribution in [1.29, 1.82) is 0 Å². The molecule has 0 aromatic heterocycles. The maximum atomic E-state index is 11.9. The number of hydrogen-bond donors (Lipinski definition) is 2. The second-order valence-electron chi connectivity index (χ2n) is 4.43. The van der Waals surface area contributed by atoms with Crippen LogP contribution in [-0.4, -0.2) is 19.0 Å². The van der Waals surface area contributed by atoms with Crippen LogP contribution in [0.15, 0.2) is 24.3 Å². The molecule has 0 saturated carbocycles. The van der Waals surface area contributed by atoms with Crippen LogP contribution in [0.3, 0.4) is 0 Å². The van der Waals surface area contributed by atoms with E-state index in [0.717, 1.165) is 35.2 Å². The number of benzene rings is 1. The summed E-state index contributed by atoms with van der Waals surface area (Å²) in [5.74, 6) is 0.679. The summed E-state index contributed by atoms with van der Waals surface area (Å²) in [5.41, 5.74) is 0.923. The first-order valence-corrected chi connectivity index (χ1v) is 7.08. The Morgan fingerprint density at radius 1 is 1.35 bits per heavy atom. The van der Waals surface area contributed by atoms with Crippen molar-refractivity contribution in [1.82, 2.24) is 5.32 Å². The molecule has 2 rings (SSSR count). The number of amides is 1. The molecule has 3 nitrogen and oxygen atoms in total. The summed E-state index contributed by atoms with van der Waals surface area (Å²) in [6.45, 7) is 2.08. The first-order valence-electron chi connectivity index (χ1n) is 6.01. The molecule has 17 heavy (non-hydrogen) atoms. The van der Waals surface area contributed by atoms with Gasteiger partial charge in [0.05, 0.1) is 5.69 Å². The van der Waals surface area contributed by atoms with Gasteiger partial charge in [0, 0.05) is 9.99 Å². The average molecular weight is 344 g/mol. The monoisotopic (exact) mass is 344 g/mol. The minimum absolute atomic E-state index is 0.140. The van der Waals surface area contributed by atoms with E-state index in [-0.39, 0.29) is 5.91 Å². The first-order chi connectivity index (χ1) is 8.25. The molecule has 0 unspecified atom stereocenters. The molecular formula is C13H17IN2O. The summed E-state index contributed by atoms with van der Waals surface area (Å²) in [7, 11) is 0. The third-order valence-electron chi connectivity index (χ3n) is 3.08. The summed E-state index contributed by atoms with van der Waals surface area (Å²) in [5, 5.41) is 6.30. The highest BCUT2D eigenvalue weighted by atomic mass is 127. The minimum Gasteiger partial charge on any atom is -0.325 e. The second kappa shape index (κ2) is 6.35. The molecule has 1 aliphatic heterocycles. The number of hydrogen-bond acceptors (Lipinski definition) is 2. The molecule has 0 spiro atoms. The third kappa shape index (κ3) is 3.96. The highest BCUT2D eigenvalue weighted by Crippen LogP contribution is 2.20. The topological polar surface area (TPSA) is 41.1 Å². The molecule has 0 atom stereocenters. The van der Waals surface area contributed by atoms with E-state index < -0.39 is 0 Å². The van der Waals surface area contributed by atoms with Gasteiger partial charge in [-0.25, -0.2) is 0 Å². The van der Waals surface area contributed by atoms with E-state index in [1.807, 2.05) is 24.3 Å². The summed E-state index contributed by atoms with van der Waals surface area (Å²) in [4.78, 5) is 11.9. The van der Waals surface area contributed by atoms with Crippen molar-refractivity contribution in [3.63, 3.8) is 0 Å². The molecule has 4 heteroatoms. The van der Waals surface area contributed by atoms with Crippen LogP contribution in [0.2, 0.25) is 0 Å². The van der Waals surface area contributed by atoms with Gasteiger partial charge in [-0.3, -0.25) is 4.79 Å². The van der Waals surface area contributed by atoms with Gasteiger partial charge >= 0.3 is 0 Å². The van der Waals surface area contributed by atoms with Gasteiger partial charge < -0.3 is 10.6 Å². The first kappa shape index (κ1) is 12.8. The highest BCUT2D eigenvalue weighted by Gasteiger charge is 2.17. The van der Waals surface area contributed by atoms with Gasteiger partial charge in [-0.05, 0) is 66.6 Å². The van der Waals surface area contributed by atoms with Gasteiger partial charge in [-0.15, -0.1) is 0 Å². The fraction of sp³-hybridized carbons (Fsp3) is 0.462. The molecule has 92 valence electrons. The van der Waals surface area contributed by atoms with E-state index in [1.54, 1.807) is 0 Å². The van der Waals surface area contributed by atoms with Crippen molar-refractivity contribution in [3.8, 4) is 0 Å². The molecule has 0 radical (unpaired) electrons. The lowest BCUT2D eigenvalue weighted by atomic mass is 9.94. The lowest BCUT2D eigenvalue weighted by molar-refractivity contribution is -0.117. The molecule has 1 aromatic rings. The van der Waals surface area contributed by atoms with Gasteiger partial charge in [0.2, 0.25) is 5.91 Å². The van der Waals surface area contributed by atoms with Gasteiger partial charge in [-0.2, -0.15) is 0 Å². The summed E-state index contributed by atoms with van der Waals surface area (Å²) in [6.07, 6.45) is 2.87. The van der Waals surface area contributed by atoms with Crippen molar-refractivity contribution in [3.05, 3.63) is 27.8 Å². The van der Waals surface area contributed by atoms with Crippen LogP contribution in [0.4, 0.5) is 5.69 Å². The minimum atomic E-state index is 0.140. The fourth-order valence-electron chi connectivity index (χ4n) is 2.11. The number of piperidine rings is 1. The zero-order valence-corrected chi connectivity index (χ0v) is 11.9. The van der Waals surface area contributed by atoms with Crippen molar-refractivity contribution in [2.75, 3.05) is 18.4 Å². The fourth-order valence-corrected chi connectivity index (χ4v) is 2.63. The molecule has 1 amide bonds. The molecule has 1 aliphatic rings. The van der Waals surface area contributed by atoms with Gasteiger partial charge in [0.25, 0.3) is 0 Å². The normalized spacial score (nSPS) is 16.8. The average Bonchev–Trinajstić information content (AvgIpc) is 2.33. The SMILES string of the molecule is O=C(CC1CCNCC1)Nc1ccccc1I. The number of anilines is 1. The summed E-state index contributed by atoms with van der Waals surface area (Å²) < 4.78 is 1.09. The van der Waals surface area contributed by atoms with Gasteiger partial charge in [0.15, 0.2) is 0 Å². The van der Waals surface area contributed by atoms with Crippen molar-refractivity contribution in [2.45, 2.75) is 19.3 Å². The summed E-state index contributed by atoms with van der Waals surface area (Å²) in [6, 6.07) is 7.87. The lowest BCUT2D eigenvalue weighted by Crippen LogP contribution is -2.30. The Kier molecular flexibility index (Phi) is 4.79. The van der Waals surface area contributed by atoms with Crippen LogP contribution in [0.5, 0.6) is 0 Å². The predicted molar refractivity (Wildman–Crippen MR) is 78.0 cm³/mol. The number of nitrogens with one attached hydrogen (secondary N) is 2. The van der Waals surface area contributed by atoms with Gasteiger partial charge in [0.1, 0.15) is 0 Å². The van der Waals surface area contributed by atoms with Crippen LogP contribution < -0.4 is 10.6 Å². The van der Waals surface area contributed by atoms with Crippen molar-refractivity contribution >= 4 is 34.2 Å². The van der Waals surface area contributed by atoms with E-state index in [1.165, 1.54) is 0 Å².